The van der Waals surface area contributed by atoms with Crippen LogP contribution in [0.2, 0.25) is 0 Å². The Bertz CT molecular complexity index is 248. The number of hydrogen-bond acceptors (Lipinski definition) is 5. The second-order valence-electron chi connectivity index (χ2n) is 2.19. The van der Waals surface area contributed by atoms with Crippen molar-refractivity contribution in [2.24, 2.45) is 0 Å². The third-order valence-electron chi connectivity index (χ3n) is 1.32. The Morgan fingerprint density at radius 3 is 2.93 bits per heavy atom. The molecule has 5 heteroatoms. The van der Waals surface area contributed by atoms with Gasteiger partial charge in [0, 0.05) is 6.54 Å². The minimum Gasteiger partial charge on any atom is -0.465 e. The van der Waals surface area contributed by atoms with Crippen LogP contribution in [0.25, 0.3) is 0 Å². The third kappa shape index (κ3) is 5.58. The molecular weight excluding hydrogens is 202 g/mol. The van der Waals surface area contributed by atoms with Crippen LogP contribution in [0.15, 0.2) is 36.5 Å². The van der Waals surface area contributed by atoms with E-state index in [1.807, 2.05) is 0 Å². The smallest absolute Gasteiger partial charge is 0.337 e. The highest BCUT2D eigenvalue weighted by Gasteiger charge is 2.01. The summed E-state index contributed by atoms with van der Waals surface area (Å²) in [4.78, 5) is 11.0. The van der Waals surface area contributed by atoms with Crippen LogP contribution in [-0.4, -0.2) is 24.2 Å². The van der Waals surface area contributed by atoms with Crippen LogP contribution < -0.4 is 4.72 Å². The molecule has 0 heterocycles. The summed E-state index contributed by atoms with van der Waals surface area (Å²) in [6, 6.07) is 0. The number of rotatable bonds is 6. The molecule has 14 heavy (non-hydrogen) atoms. The van der Waals surface area contributed by atoms with Crippen molar-refractivity contribution in [2.45, 2.75) is 0 Å². The fourth-order valence-electron chi connectivity index (χ4n) is 0.662. The summed E-state index contributed by atoms with van der Waals surface area (Å²) >= 11 is 0.543. The second kappa shape index (κ2) is 8.55. The maximum Gasteiger partial charge on any atom is 0.337 e. The Hall–Kier alpha value is -1.04. The molecule has 0 unspecified atom stereocenters. The lowest BCUT2D eigenvalue weighted by molar-refractivity contribution is -0.135. The summed E-state index contributed by atoms with van der Waals surface area (Å²) in [5, 5.41) is 0. The van der Waals surface area contributed by atoms with Gasteiger partial charge < -0.3 is 9.29 Å². The fraction of sp³-hybridized carbons (Fsp3) is 0.222. The maximum atomic E-state index is 11.0. The lowest BCUT2D eigenvalue weighted by Gasteiger charge is -1.96. The van der Waals surface area contributed by atoms with E-state index in [0.717, 1.165) is 0 Å². The lowest BCUT2D eigenvalue weighted by atomic mass is 10.2. The molecule has 0 saturated heterocycles. The van der Waals surface area contributed by atoms with Crippen LogP contribution in [0.4, 0.5) is 0 Å². The van der Waals surface area contributed by atoms with Crippen molar-refractivity contribution in [3.8, 4) is 0 Å². The molecular formula is C9H13NO3S. The van der Waals surface area contributed by atoms with Gasteiger partial charge in [-0.3, -0.25) is 0 Å². The van der Waals surface area contributed by atoms with E-state index in [1.165, 1.54) is 13.2 Å². The van der Waals surface area contributed by atoms with Crippen LogP contribution in [0.1, 0.15) is 0 Å². The van der Waals surface area contributed by atoms with Gasteiger partial charge in [0.25, 0.3) is 0 Å². The minimum absolute atomic E-state index is 0.389. The molecule has 0 aliphatic heterocycles. The van der Waals surface area contributed by atoms with Crippen LogP contribution in [0.5, 0.6) is 0 Å². The van der Waals surface area contributed by atoms with Gasteiger partial charge in [-0.15, -0.1) is 0 Å². The van der Waals surface area contributed by atoms with Crippen LogP contribution in [-0.2, 0) is 9.53 Å². The van der Waals surface area contributed by atoms with Gasteiger partial charge in [0.1, 0.15) is 0 Å². The molecule has 0 saturated carbocycles. The average Bonchev–Trinajstić information content (AvgIpc) is 2.22. The molecule has 0 atom stereocenters. The zero-order chi connectivity index (χ0) is 10.8. The highest BCUT2D eigenvalue weighted by atomic mass is 32.2. The van der Waals surface area contributed by atoms with E-state index >= 15 is 0 Å². The number of nitrogens with one attached hydrogen (secondary N) is 1. The number of ether oxygens (including phenoxy) is 1. The van der Waals surface area contributed by atoms with Gasteiger partial charge >= 0.3 is 5.97 Å². The molecule has 0 rings (SSSR count). The molecule has 78 valence electrons. The quantitative estimate of drug-likeness (QED) is 0.176. The van der Waals surface area contributed by atoms with E-state index in [9.17, 15) is 4.79 Å². The minimum atomic E-state index is -0.422. The Balaban J connectivity index is 4.11. The van der Waals surface area contributed by atoms with Gasteiger partial charge in [-0.25, -0.2) is 9.52 Å². The summed E-state index contributed by atoms with van der Waals surface area (Å²) < 4.78 is 15.4. The SMILES string of the molecule is C=C/C(=C\C=C\CNSO)C(=O)OC. The van der Waals surface area contributed by atoms with Crippen molar-refractivity contribution in [2.75, 3.05) is 13.7 Å². The molecule has 2 N–H and O–H groups in total. The first-order valence-corrected chi connectivity index (χ1v) is 4.64. The van der Waals surface area contributed by atoms with Crippen LogP contribution in [0.3, 0.4) is 0 Å². The summed E-state index contributed by atoms with van der Waals surface area (Å²) in [7, 11) is 1.31. The Kier molecular flexibility index (Phi) is 7.92. The Morgan fingerprint density at radius 2 is 2.43 bits per heavy atom. The van der Waals surface area contributed by atoms with E-state index in [0.29, 0.717) is 24.3 Å². The first-order valence-electron chi connectivity index (χ1n) is 3.87. The molecule has 0 spiro atoms. The summed E-state index contributed by atoms with van der Waals surface area (Å²) in [5.74, 6) is -0.422. The summed E-state index contributed by atoms with van der Waals surface area (Å²) in [5.41, 5.74) is 0.389. The molecule has 0 aliphatic rings. The molecule has 0 amide bonds. The highest BCUT2D eigenvalue weighted by Crippen LogP contribution is 1.98. The van der Waals surface area contributed by atoms with Gasteiger partial charge in [0.05, 0.1) is 24.9 Å². The first kappa shape index (κ1) is 13.0. The maximum absolute atomic E-state index is 11.0. The molecule has 0 fully saturated rings. The van der Waals surface area contributed by atoms with E-state index in [4.69, 9.17) is 4.55 Å². The summed E-state index contributed by atoms with van der Waals surface area (Å²) in [6.07, 6.45) is 6.43. The molecule has 0 radical (unpaired) electrons. The molecule has 0 bridgehead atoms. The Labute approximate surface area is 87.7 Å². The normalized spacial score (nSPS) is 11.7. The number of carbonyl (C=O) groups excluding carboxylic acids is 1. The largest absolute Gasteiger partial charge is 0.465 e. The van der Waals surface area contributed by atoms with Crippen molar-refractivity contribution in [3.63, 3.8) is 0 Å². The Morgan fingerprint density at radius 1 is 1.71 bits per heavy atom. The van der Waals surface area contributed by atoms with E-state index in [-0.39, 0.29) is 0 Å². The number of carbonyl (C=O) groups is 1. The molecule has 0 aromatic carbocycles. The molecule has 0 aromatic heterocycles. The predicted molar refractivity (Wildman–Crippen MR) is 57.7 cm³/mol. The topological polar surface area (TPSA) is 58.6 Å². The third-order valence-corrected chi connectivity index (χ3v) is 1.61. The average molecular weight is 215 g/mol. The first-order chi connectivity index (χ1) is 6.76. The zero-order valence-electron chi connectivity index (χ0n) is 7.90. The van der Waals surface area contributed by atoms with E-state index < -0.39 is 5.97 Å². The number of allylic oxidation sites excluding steroid dienone is 2. The van der Waals surface area contributed by atoms with Crippen molar-refractivity contribution < 1.29 is 14.1 Å². The zero-order valence-corrected chi connectivity index (χ0v) is 8.71. The predicted octanol–water partition coefficient (Wildman–Crippen LogP) is 1.54. The van der Waals surface area contributed by atoms with Crippen LogP contribution >= 0.6 is 12.2 Å². The number of esters is 1. The van der Waals surface area contributed by atoms with Gasteiger partial charge in [0.2, 0.25) is 0 Å². The lowest BCUT2D eigenvalue weighted by Crippen LogP contribution is -2.02. The van der Waals surface area contributed by atoms with Gasteiger partial charge in [-0.1, -0.05) is 24.8 Å². The van der Waals surface area contributed by atoms with E-state index in [2.05, 4.69) is 16.0 Å². The second-order valence-corrected chi connectivity index (χ2v) is 2.66. The molecule has 0 aliphatic carbocycles. The van der Waals surface area contributed by atoms with E-state index in [1.54, 1.807) is 18.2 Å². The van der Waals surface area contributed by atoms with Gasteiger partial charge in [0.15, 0.2) is 0 Å². The van der Waals surface area contributed by atoms with Crippen LogP contribution in [0, 0.1) is 0 Å². The summed E-state index contributed by atoms with van der Waals surface area (Å²) in [6.45, 7) is 3.99. The monoisotopic (exact) mass is 215 g/mol. The van der Waals surface area contributed by atoms with Crippen molar-refractivity contribution in [1.29, 1.82) is 0 Å². The molecule has 0 aromatic rings. The standard InChI is InChI=1S/C9H13NO3S/c1-3-8(9(11)13-2)6-4-5-7-10-14-12/h3-6,10,12H,1,7H2,2H3/b5-4+,8-6+. The van der Waals surface area contributed by atoms with Gasteiger partial charge in [-0.2, -0.15) is 0 Å². The number of hydrogen-bond donors (Lipinski definition) is 2. The van der Waals surface area contributed by atoms with Crippen molar-refractivity contribution >= 4 is 18.2 Å². The van der Waals surface area contributed by atoms with Gasteiger partial charge in [-0.05, 0) is 6.08 Å². The fourth-order valence-corrected chi connectivity index (χ4v) is 0.833. The van der Waals surface area contributed by atoms with Crippen molar-refractivity contribution in [1.82, 2.24) is 4.72 Å². The number of methoxy groups -OCH3 is 1. The van der Waals surface area contributed by atoms with Crippen molar-refractivity contribution in [3.05, 3.63) is 36.5 Å². The highest BCUT2D eigenvalue weighted by molar-refractivity contribution is 7.91. The molecule has 4 nitrogen and oxygen atoms in total.